The summed E-state index contributed by atoms with van der Waals surface area (Å²) in [5.41, 5.74) is -0.0300. The molecule has 25 heavy (non-hydrogen) atoms. The Kier molecular flexibility index (Phi) is 6.93. The lowest BCUT2D eigenvalue weighted by atomic mass is 10.1. The van der Waals surface area contributed by atoms with Gasteiger partial charge in [0.05, 0.1) is 11.6 Å². The van der Waals surface area contributed by atoms with Gasteiger partial charge in [-0.05, 0) is 52.0 Å². The molecule has 0 aliphatic rings. The van der Waals surface area contributed by atoms with Gasteiger partial charge in [-0.1, -0.05) is 0 Å². The molecule has 0 spiro atoms. The average Bonchev–Trinajstić information content (AvgIpc) is 2.51. The molecule has 3 amide bonds. The fourth-order valence-electron chi connectivity index (χ4n) is 1.65. The molecule has 1 rings (SSSR count). The van der Waals surface area contributed by atoms with Gasteiger partial charge in [-0.2, -0.15) is 5.26 Å². The van der Waals surface area contributed by atoms with Gasteiger partial charge in [0, 0.05) is 5.54 Å². The molecule has 1 aromatic rings. The maximum Gasteiger partial charge on any atom is 0.347 e. The molecule has 0 aromatic heterocycles. The van der Waals surface area contributed by atoms with Crippen LogP contribution in [0.1, 0.15) is 33.3 Å². The summed E-state index contributed by atoms with van der Waals surface area (Å²) in [6.45, 7) is 6.15. The molecule has 1 atom stereocenters. The number of imide groups is 1. The number of hydrogen-bond donors (Lipinski definition) is 2. The van der Waals surface area contributed by atoms with E-state index in [1.165, 1.54) is 6.92 Å². The highest BCUT2D eigenvalue weighted by Gasteiger charge is 2.20. The van der Waals surface area contributed by atoms with Crippen molar-refractivity contribution in [3.63, 3.8) is 0 Å². The van der Waals surface area contributed by atoms with Gasteiger partial charge in [0.1, 0.15) is 5.75 Å². The van der Waals surface area contributed by atoms with E-state index in [0.717, 1.165) is 0 Å². The lowest BCUT2D eigenvalue weighted by Gasteiger charge is -2.20. The minimum Gasteiger partial charge on any atom is -0.479 e. The number of rotatable bonds is 5. The van der Waals surface area contributed by atoms with Crippen LogP contribution in [0.4, 0.5) is 4.79 Å². The number of benzene rings is 1. The van der Waals surface area contributed by atoms with Crippen LogP contribution in [0.2, 0.25) is 0 Å². The second-order valence-corrected chi connectivity index (χ2v) is 6.26. The van der Waals surface area contributed by atoms with Crippen molar-refractivity contribution in [1.82, 2.24) is 10.6 Å². The molecule has 134 valence electrons. The van der Waals surface area contributed by atoms with Gasteiger partial charge in [0.25, 0.3) is 5.91 Å². The number of esters is 1. The van der Waals surface area contributed by atoms with Gasteiger partial charge in [-0.15, -0.1) is 0 Å². The molecule has 0 aliphatic heterocycles. The highest BCUT2D eigenvalue weighted by Crippen LogP contribution is 2.13. The standard InChI is InChI=1S/C17H21N3O5/c1-11(25-13-7-5-12(9-18)6-8-13)15(22)24-10-14(21)19-16(23)20-17(2,3)4/h5-8,11H,10H2,1-4H3,(H2,19,20,21,23)/t11-/m0/s1. The van der Waals surface area contributed by atoms with E-state index in [-0.39, 0.29) is 0 Å². The van der Waals surface area contributed by atoms with Crippen molar-refractivity contribution in [3.05, 3.63) is 29.8 Å². The third-order valence-corrected chi connectivity index (χ3v) is 2.72. The van der Waals surface area contributed by atoms with Gasteiger partial charge in [-0.3, -0.25) is 10.1 Å². The third-order valence-electron chi connectivity index (χ3n) is 2.72. The summed E-state index contributed by atoms with van der Waals surface area (Å²) in [5, 5.41) is 13.3. The maximum absolute atomic E-state index is 11.8. The predicted octanol–water partition coefficient (Wildman–Crippen LogP) is 1.49. The van der Waals surface area contributed by atoms with Crippen molar-refractivity contribution in [2.45, 2.75) is 39.3 Å². The van der Waals surface area contributed by atoms with Gasteiger partial charge < -0.3 is 14.8 Å². The summed E-state index contributed by atoms with van der Waals surface area (Å²) < 4.78 is 10.2. The van der Waals surface area contributed by atoms with Crippen LogP contribution in [-0.4, -0.2) is 36.2 Å². The predicted molar refractivity (Wildman–Crippen MR) is 88.6 cm³/mol. The third kappa shape index (κ3) is 7.83. The lowest BCUT2D eigenvalue weighted by molar-refractivity contribution is -0.154. The SMILES string of the molecule is C[C@H](Oc1ccc(C#N)cc1)C(=O)OCC(=O)NC(=O)NC(C)(C)C. The number of nitrogens with zero attached hydrogens (tertiary/aromatic N) is 1. The van der Waals surface area contributed by atoms with E-state index in [1.807, 2.05) is 6.07 Å². The fourth-order valence-corrected chi connectivity index (χ4v) is 1.65. The van der Waals surface area contributed by atoms with Gasteiger partial charge in [-0.25, -0.2) is 9.59 Å². The first kappa shape index (κ1) is 20.0. The molecule has 0 unspecified atom stereocenters. The van der Waals surface area contributed by atoms with E-state index in [9.17, 15) is 14.4 Å². The number of nitrogens with one attached hydrogen (secondary N) is 2. The Labute approximate surface area is 146 Å². The first-order chi connectivity index (χ1) is 11.6. The fraction of sp³-hybridized carbons (Fsp3) is 0.412. The molecule has 0 bridgehead atoms. The van der Waals surface area contributed by atoms with Crippen LogP contribution in [0.15, 0.2) is 24.3 Å². The number of nitriles is 1. The summed E-state index contributed by atoms with van der Waals surface area (Å²) in [6.07, 6.45) is -0.955. The van der Waals surface area contributed by atoms with Crippen molar-refractivity contribution in [3.8, 4) is 11.8 Å². The first-order valence-corrected chi connectivity index (χ1v) is 7.56. The summed E-state index contributed by atoms with van der Waals surface area (Å²) >= 11 is 0. The summed E-state index contributed by atoms with van der Waals surface area (Å²) in [7, 11) is 0. The minimum absolute atomic E-state index is 0.387. The molecule has 2 N–H and O–H groups in total. The smallest absolute Gasteiger partial charge is 0.347 e. The molecule has 8 heteroatoms. The summed E-state index contributed by atoms with van der Waals surface area (Å²) in [4.78, 5) is 34.9. The van der Waals surface area contributed by atoms with E-state index in [0.29, 0.717) is 11.3 Å². The van der Waals surface area contributed by atoms with E-state index >= 15 is 0 Å². The van der Waals surface area contributed by atoms with Crippen LogP contribution in [0.5, 0.6) is 5.75 Å². The van der Waals surface area contributed by atoms with Crippen molar-refractivity contribution < 1.29 is 23.9 Å². The number of amides is 3. The molecule has 0 fully saturated rings. The Morgan fingerprint density at radius 1 is 1.20 bits per heavy atom. The zero-order valence-electron chi connectivity index (χ0n) is 14.6. The largest absolute Gasteiger partial charge is 0.479 e. The van der Waals surface area contributed by atoms with Gasteiger partial charge >= 0.3 is 12.0 Å². The van der Waals surface area contributed by atoms with Crippen molar-refractivity contribution in [2.24, 2.45) is 0 Å². The van der Waals surface area contributed by atoms with Crippen LogP contribution in [0.3, 0.4) is 0 Å². The van der Waals surface area contributed by atoms with E-state index in [2.05, 4.69) is 10.6 Å². The van der Waals surface area contributed by atoms with Crippen molar-refractivity contribution in [1.29, 1.82) is 5.26 Å². The first-order valence-electron chi connectivity index (χ1n) is 7.56. The number of ether oxygens (including phenoxy) is 2. The number of carbonyl (C=O) groups is 3. The second-order valence-electron chi connectivity index (χ2n) is 6.26. The van der Waals surface area contributed by atoms with Crippen LogP contribution in [0, 0.1) is 11.3 Å². The molecular formula is C17H21N3O5. The minimum atomic E-state index is -0.955. The molecule has 1 aromatic carbocycles. The zero-order chi connectivity index (χ0) is 19.0. The van der Waals surface area contributed by atoms with E-state index in [1.54, 1.807) is 45.0 Å². The quantitative estimate of drug-likeness (QED) is 0.779. The topological polar surface area (TPSA) is 118 Å². The summed E-state index contributed by atoms with van der Waals surface area (Å²) in [6, 6.07) is 7.49. The maximum atomic E-state index is 11.8. The van der Waals surface area contributed by atoms with E-state index in [4.69, 9.17) is 14.7 Å². The zero-order valence-corrected chi connectivity index (χ0v) is 14.6. The molecule has 0 saturated carbocycles. The average molecular weight is 347 g/mol. The van der Waals surface area contributed by atoms with Crippen LogP contribution >= 0.6 is 0 Å². The van der Waals surface area contributed by atoms with Crippen LogP contribution < -0.4 is 15.4 Å². The monoisotopic (exact) mass is 347 g/mol. The molecule has 0 heterocycles. The Morgan fingerprint density at radius 2 is 1.80 bits per heavy atom. The Balaban J connectivity index is 2.40. The van der Waals surface area contributed by atoms with E-state index < -0.39 is 36.2 Å². The van der Waals surface area contributed by atoms with Gasteiger partial charge in [0.2, 0.25) is 0 Å². The highest BCUT2D eigenvalue weighted by atomic mass is 16.6. The molecule has 0 saturated heterocycles. The molecule has 0 aliphatic carbocycles. The Bertz CT molecular complexity index is 671. The van der Waals surface area contributed by atoms with Gasteiger partial charge in [0.15, 0.2) is 12.7 Å². The summed E-state index contributed by atoms with van der Waals surface area (Å²) in [5.74, 6) is -1.12. The van der Waals surface area contributed by atoms with Crippen molar-refractivity contribution in [2.75, 3.05) is 6.61 Å². The number of carbonyl (C=O) groups excluding carboxylic acids is 3. The van der Waals surface area contributed by atoms with Crippen LogP contribution in [-0.2, 0) is 14.3 Å². The Hall–Kier alpha value is -3.08. The molecular weight excluding hydrogens is 326 g/mol. The molecule has 0 radical (unpaired) electrons. The van der Waals surface area contributed by atoms with Crippen molar-refractivity contribution >= 4 is 17.9 Å². The lowest BCUT2D eigenvalue weighted by Crippen LogP contribution is -2.49. The molecule has 8 nitrogen and oxygen atoms in total. The second kappa shape index (κ2) is 8.68. The number of urea groups is 1. The Morgan fingerprint density at radius 3 is 2.32 bits per heavy atom. The number of hydrogen-bond acceptors (Lipinski definition) is 6. The van der Waals surface area contributed by atoms with Crippen LogP contribution in [0.25, 0.3) is 0 Å². The highest BCUT2D eigenvalue weighted by molar-refractivity contribution is 5.95. The normalized spacial score (nSPS) is 11.6.